The molecule has 0 fully saturated rings. The van der Waals surface area contributed by atoms with Crippen molar-refractivity contribution in [2.45, 2.75) is 32.7 Å². The topological polar surface area (TPSA) is 62.7 Å². The standard InChI is InChI=1S/C20H22ClN5/c1-20(2,3)15-9-5-7-11-17(15)24-18-13-23-26-19(25-18)22-12-14-8-4-6-10-16(14)21/h4-11,13H,12H2,1-3H3,(H2,22,24,25,26). The second-order valence-corrected chi connectivity index (χ2v) is 7.44. The van der Waals surface area contributed by atoms with E-state index in [0.29, 0.717) is 23.3 Å². The molecule has 3 rings (SSSR count). The van der Waals surface area contributed by atoms with E-state index in [4.69, 9.17) is 11.6 Å². The average molecular weight is 368 g/mol. The van der Waals surface area contributed by atoms with Gasteiger partial charge < -0.3 is 10.6 Å². The molecule has 0 aliphatic carbocycles. The molecule has 5 nitrogen and oxygen atoms in total. The Kier molecular flexibility index (Phi) is 5.38. The van der Waals surface area contributed by atoms with Gasteiger partial charge in [-0.2, -0.15) is 10.1 Å². The van der Waals surface area contributed by atoms with Crippen molar-refractivity contribution in [2.75, 3.05) is 10.6 Å². The number of hydrogen-bond donors (Lipinski definition) is 2. The summed E-state index contributed by atoms with van der Waals surface area (Å²) in [6.45, 7) is 7.08. The van der Waals surface area contributed by atoms with Crippen molar-refractivity contribution < 1.29 is 0 Å². The van der Waals surface area contributed by atoms with E-state index < -0.39 is 0 Å². The minimum atomic E-state index is 0.0230. The van der Waals surface area contributed by atoms with Crippen LogP contribution in [0.4, 0.5) is 17.5 Å². The third kappa shape index (κ3) is 4.49. The summed E-state index contributed by atoms with van der Waals surface area (Å²) in [5.41, 5.74) is 3.23. The maximum absolute atomic E-state index is 6.18. The van der Waals surface area contributed by atoms with Crippen LogP contribution in [-0.4, -0.2) is 15.2 Å². The Balaban J connectivity index is 1.75. The molecule has 3 aromatic rings. The lowest BCUT2D eigenvalue weighted by Crippen LogP contribution is -2.14. The zero-order valence-corrected chi connectivity index (χ0v) is 15.9. The van der Waals surface area contributed by atoms with Crippen LogP contribution in [0, 0.1) is 0 Å². The predicted octanol–water partition coefficient (Wildman–Crippen LogP) is 5.18. The minimum absolute atomic E-state index is 0.0230. The van der Waals surface area contributed by atoms with Crippen molar-refractivity contribution in [2.24, 2.45) is 0 Å². The first kappa shape index (κ1) is 18.1. The second kappa shape index (κ2) is 7.70. The lowest BCUT2D eigenvalue weighted by Gasteiger charge is -2.23. The van der Waals surface area contributed by atoms with Crippen molar-refractivity contribution in [1.29, 1.82) is 0 Å². The molecular weight excluding hydrogens is 346 g/mol. The van der Waals surface area contributed by atoms with Crippen LogP contribution < -0.4 is 10.6 Å². The molecule has 0 unspecified atom stereocenters. The summed E-state index contributed by atoms with van der Waals surface area (Å²) in [4.78, 5) is 4.50. The van der Waals surface area contributed by atoms with Crippen LogP contribution in [-0.2, 0) is 12.0 Å². The molecule has 0 atom stereocenters. The van der Waals surface area contributed by atoms with Crippen LogP contribution in [0.3, 0.4) is 0 Å². The summed E-state index contributed by atoms with van der Waals surface area (Å²) in [6, 6.07) is 15.9. The van der Waals surface area contributed by atoms with Crippen molar-refractivity contribution in [3.63, 3.8) is 0 Å². The molecule has 1 aromatic heterocycles. The number of aromatic nitrogens is 3. The van der Waals surface area contributed by atoms with Crippen LogP contribution in [0.25, 0.3) is 0 Å². The molecule has 0 radical (unpaired) electrons. The van der Waals surface area contributed by atoms with Crippen LogP contribution in [0.15, 0.2) is 54.7 Å². The molecule has 0 spiro atoms. The van der Waals surface area contributed by atoms with Gasteiger partial charge in [-0.3, -0.25) is 0 Å². The molecule has 0 saturated heterocycles. The maximum atomic E-state index is 6.18. The zero-order valence-electron chi connectivity index (χ0n) is 15.1. The molecule has 6 heteroatoms. The first-order valence-corrected chi connectivity index (χ1v) is 8.85. The molecule has 2 aromatic carbocycles. The number of benzene rings is 2. The SMILES string of the molecule is CC(C)(C)c1ccccc1Nc1cnnc(NCc2ccccc2Cl)n1. The van der Waals surface area contributed by atoms with Gasteiger partial charge in [-0.25, -0.2) is 0 Å². The van der Waals surface area contributed by atoms with Gasteiger partial charge in [0.15, 0.2) is 5.82 Å². The molecule has 0 aliphatic heterocycles. The zero-order chi connectivity index (χ0) is 18.6. The van der Waals surface area contributed by atoms with Gasteiger partial charge in [-0.05, 0) is 28.7 Å². The molecular formula is C20H22ClN5. The summed E-state index contributed by atoms with van der Waals surface area (Å²) in [7, 11) is 0. The molecule has 134 valence electrons. The van der Waals surface area contributed by atoms with E-state index in [1.807, 2.05) is 42.5 Å². The average Bonchev–Trinajstić information content (AvgIpc) is 2.61. The molecule has 0 bridgehead atoms. The van der Waals surface area contributed by atoms with Gasteiger partial charge >= 0.3 is 0 Å². The van der Waals surface area contributed by atoms with Gasteiger partial charge in [-0.15, -0.1) is 5.10 Å². The number of para-hydroxylation sites is 1. The number of anilines is 3. The fourth-order valence-corrected chi connectivity index (χ4v) is 2.84. The van der Waals surface area contributed by atoms with Gasteiger partial charge in [0.1, 0.15) is 0 Å². The first-order chi connectivity index (χ1) is 12.4. The Labute approximate surface area is 158 Å². The molecule has 1 heterocycles. The fourth-order valence-electron chi connectivity index (χ4n) is 2.64. The molecule has 26 heavy (non-hydrogen) atoms. The number of hydrogen-bond acceptors (Lipinski definition) is 5. The van der Waals surface area contributed by atoms with E-state index in [1.54, 1.807) is 6.20 Å². The van der Waals surface area contributed by atoms with E-state index in [9.17, 15) is 0 Å². The summed E-state index contributed by atoms with van der Waals surface area (Å²) < 4.78 is 0. The van der Waals surface area contributed by atoms with E-state index in [0.717, 1.165) is 11.3 Å². The predicted molar refractivity (Wildman–Crippen MR) is 107 cm³/mol. The highest BCUT2D eigenvalue weighted by molar-refractivity contribution is 6.31. The highest BCUT2D eigenvalue weighted by Crippen LogP contribution is 2.30. The van der Waals surface area contributed by atoms with Crippen LogP contribution in [0.5, 0.6) is 0 Å². The Morgan fingerprint density at radius 1 is 1.00 bits per heavy atom. The van der Waals surface area contributed by atoms with Crippen molar-refractivity contribution in [1.82, 2.24) is 15.2 Å². The Bertz CT molecular complexity index is 889. The molecule has 0 aliphatic rings. The Morgan fingerprint density at radius 3 is 2.50 bits per heavy atom. The number of nitrogens with one attached hydrogen (secondary N) is 2. The van der Waals surface area contributed by atoms with Crippen LogP contribution >= 0.6 is 11.6 Å². The van der Waals surface area contributed by atoms with Crippen molar-refractivity contribution in [3.05, 3.63) is 70.9 Å². The van der Waals surface area contributed by atoms with Crippen LogP contribution in [0.1, 0.15) is 31.9 Å². The fraction of sp³-hybridized carbons (Fsp3) is 0.250. The highest BCUT2D eigenvalue weighted by Gasteiger charge is 2.17. The highest BCUT2D eigenvalue weighted by atomic mass is 35.5. The van der Waals surface area contributed by atoms with E-state index in [2.05, 4.69) is 52.7 Å². The van der Waals surface area contributed by atoms with Gasteiger partial charge in [0.2, 0.25) is 5.95 Å². The first-order valence-electron chi connectivity index (χ1n) is 8.47. The number of halogens is 1. The lowest BCUT2D eigenvalue weighted by molar-refractivity contribution is 0.592. The second-order valence-electron chi connectivity index (χ2n) is 7.03. The normalized spacial score (nSPS) is 11.2. The smallest absolute Gasteiger partial charge is 0.244 e. The number of nitrogens with zero attached hydrogens (tertiary/aromatic N) is 3. The maximum Gasteiger partial charge on any atom is 0.244 e. The Hall–Kier alpha value is -2.66. The molecule has 0 saturated carbocycles. The van der Waals surface area contributed by atoms with E-state index >= 15 is 0 Å². The van der Waals surface area contributed by atoms with Gasteiger partial charge in [0, 0.05) is 17.3 Å². The molecule has 2 N–H and O–H groups in total. The quantitative estimate of drug-likeness (QED) is 0.650. The van der Waals surface area contributed by atoms with E-state index in [-0.39, 0.29) is 5.41 Å². The third-order valence-corrected chi connectivity index (χ3v) is 4.32. The third-order valence-electron chi connectivity index (χ3n) is 3.95. The summed E-state index contributed by atoms with van der Waals surface area (Å²) in [6.07, 6.45) is 1.61. The largest absolute Gasteiger partial charge is 0.349 e. The van der Waals surface area contributed by atoms with E-state index in [1.165, 1.54) is 5.56 Å². The summed E-state index contributed by atoms with van der Waals surface area (Å²) >= 11 is 6.18. The van der Waals surface area contributed by atoms with Gasteiger partial charge in [-0.1, -0.05) is 68.8 Å². The Morgan fingerprint density at radius 2 is 1.73 bits per heavy atom. The summed E-state index contributed by atoms with van der Waals surface area (Å²) in [5.74, 6) is 1.08. The van der Waals surface area contributed by atoms with Crippen molar-refractivity contribution >= 4 is 29.1 Å². The molecule has 0 amide bonds. The lowest BCUT2D eigenvalue weighted by atomic mass is 9.86. The van der Waals surface area contributed by atoms with Gasteiger partial charge in [0.25, 0.3) is 0 Å². The monoisotopic (exact) mass is 367 g/mol. The number of rotatable bonds is 5. The van der Waals surface area contributed by atoms with Crippen molar-refractivity contribution in [3.8, 4) is 0 Å². The van der Waals surface area contributed by atoms with Crippen LogP contribution in [0.2, 0.25) is 5.02 Å². The van der Waals surface area contributed by atoms with Gasteiger partial charge in [0.05, 0.1) is 6.20 Å². The minimum Gasteiger partial charge on any atom is -0.349 e. The summed E-state index contributed by atoms with van der Waals surface area (Å²) in [5, 5.41) is 15.3.